The lowest BCUT2D eigenvalue weighted by molar-refractivity contribution is 0.218. The smallest absolute Gasteiger partial charge is 0.207 e. The molecule has 1 N–H and O–H groups in total. The Morgan fingerprint density at radius 2 is 1.86 bits per heavy atom. The number of ether oxygens (including phenoxy) is 3. The Balaban J connectivity index is 2.30. The molecular weight excluding hydrogens is 275 g/mol. The van der Waals surface area contributed by atoms with Crippen LogP contribution in [0.15, 0.2) is 36.4 Å². The molecule has 0 saturated carbocycles. The van der Waals surface area contributed by atoms with Gasteiger partial charge in [0.15, 0.2) is 11.5 Å². The Labute approximate surface area is 122 Å². The van der Waals surface area contributed by atoms with Crippen LogP contribution in [-0.4, -0.2) is 19.3 Å². The van der Waals surface area contributed by atoms with Crippen molar-refractivity contribution in [1.82, 2.24) is 0 Å². The zero-order valence-electron chi connectivity index (χ0n) is 12.1. The van der Waals surface area contributed by atoms with E-state index in [-0.39, 0.29) is 17.2 Å². The summed E-state index contributed by atoms with van der Waals surface area (Å²) >= 11 is 0. The normalized spacial score (nSPS) is 11.8. The van der Waals surface area contributed by atoms with Gasteiger partial charge in [-0.05, 0) is 31.2 Å². The van der Waals surface area contributed by atoms with Crippen LogP contribution < -0.4 is 14.2 Å². The quantitative estimate of drug-likeness (QED) is 0.913. The molecular formula is C16H17FO4. The monoisotopic (exact) mass is 292 g/mol. The molecule has 0 aliphatic heterocycles. The summed E-state index contributed by atoms with van der Waals surface area (Å²) in [5.41, 5.74) is 0.555. The van der Waals surface area contributed by atoms with Crippen LogP contribution in [0.25, 0.3) is 0 Å². The fourth-order valence-corrected chi connectivity index (χ4v) is 2.06. The van der Waals surface area contributed by atoms with Crippen molar-refractivity contribution in [2.24, 2.45) is 0 Å². The van der Waals surface area contributed by atoms with E-state index in [1.807, 2.05) is 0 Å². The van der Waals surface area contributed by atoms with Crippen molar-refractivity contribution < 1.29 is 23.7 Å². The van der Waals surface area contributed by atoms with E-state index in [2.05, 4.69) is 0 Å². The lowest BCUT2D eigenvalue weighted by Crippen LogP contribution is -2.07. The molecule has 112 valence electrons. The predicted octanol–water partition coefficient (Wildman–Crippen LogP) is 3.69. The number of hydrogen-bond acceptors (Lipinski definition) is 4. The standard InChI is InChI=1S/C16H17FO4/c1-10(21-12-6-4-5-11(18)9-12)13-7-8-14(19-2)15(17)16(13)20-3/h4-10,18H,1-3H3. The largest absolute Gasteiger partial charge is 0.508 e. The van der Waals surface area contributed by atoms with Crippen LogP contribution in [0.1, 0.15) is 18.6 Å². The van der Waals surface area contributed by atoms with E-state index in [9.17, 15) is 9.50 Å². The molecule has 0 amide bonds. The van der Waals surface area contributed by atoms with Crippen LogP contribution in [0.4, 0.5) is 4.39 Å². The molecule has 0 radical (unpaired) electrons. The summed E-state index contributed by atoms with van der Waals surface area (Å²) in [6, 6.07) is 9.63. The fraction of sp³-hybridized carbons (Fsp3) is 0.250. The van der Waals surface area contributed by atoms with Gasteiger partial charge >= 0.3 is 0 Å². The second-order valence-corrected chi connectivity index (χ2v) is 4.46. The number of hydrogen-bond donors (Lipinski definition) is 1. The molecule has 2 aromatic carbocycles. The van der Waals surface area contributed by atoms with Gasteiger partial charge in [-0.15, -0.1) is 0 Å². The molecule has 0 bridgehead atoms. The van der Waals surface area contributed by atoms with Crippen molar-refractivity contribution in [1.29, 1.82) is 0 Å². The van der Waals surface area contributed by atoms with E-state index in [4.69, 9.17) is 14.2 Å². The molecule has 0 aromatic heterocycles. The number of methoxy groups -OCH3 is 2. The Kier molecular flexibility index (Phi) is 4.52. The molecule has 0 saturated heterocycles. The maximum atomic E-state index is 14.2. The van der Waals surface area contributed by atoms with Crippen molar-refractivity contribution in [3.63, 3.8) is 0 Å². The molecule has 2 aromatic rings. The predicted molar refractivity (Wildman–Crippen MR) is 76.7 cm³/mol. The van der Waals surface area contributed by atoms with E-state index in [1.165, 1.54) is 26.4 Å². The molecule has 4 nitrogen and oxygen atoms in total. The molecule has 0 heterocycles. The SMILES string of the molecule is COc1ccc(C(C)Oc2cccc(O)c2)c(OC)c1F. The van der Waals surface area contributed by atoms with E-state index >= 15 is 0 Å². The Hall–Kier alpha value is -2.43. The van der Waals surface area contributed by atoms with Gasteiger partial charge < -0.3 is 19.3 Å². The summed E-state index contributed by atoms with van der Waals surface area (Å²) in [5.74, 6) is 0.222. The van der Waals surface area contributed by atoms with E-state index in [1.54, 1.807) is 31.2 Å². The van der Waals surface area contributed by atoms with Gasteiger partial charge in [-0.2, -0.15) is 4.39 Å². The minimum Gasteiger partial charge on any atom is -0.508 e. The van der Waals surface area contributed by atoms with E-state index in [0.717, 1.165) is 0 Å². The summed E-state index contributed by atoms with van der Waals surface area (Å²) in [7, 11) is 2.78. The Morgan fingerprint density at radius 3 is 2.48 bits per heavy atom. The van der Waals surface area contributed by atoms with Gasteiger partial charge in [0.05, 0.1) is 14.2 Å². The van der Waals surface area contributed by atoms with Gasteiger partial charge in [0.1, 0.15) is 17.6 Å². The molecule has 0 aliphatic carbocycles. The average molecular weight is 292 g/mol. The van der Waals surface area contributed by atoms with Crippen molar-refractivity contribution in [2.75, 3.05) is 14.2 Å². The molecule has 1 atom stereocenters. The van der Waals surface area contributed by atoms with Gasteiger partial charge in [-0.1, -0.05) is 6.07 Å². The highest BCUT2D eigenvalue weighted by Gasteiger charge is 2.20. The first-order chi connectivity index (χ1) is 10.1. The first-order valence-corrected chi connectivity index (χ1v) is 6.43. The minimum absolute atomic E-state index is 0.0852. The lowest BCUT2D eigenvalue weighted by atomic mass is 10.1. The zero-order valence-corrected chi connectivity index (χ0v) is 12.1. The third kappa shape index (κ3) is 3.18. The fourth-order valence-electron chi connectivity index (χ4n) is 2.06. The highest BCUT2D eigenvalue weighted by molar-refractivity contribution is 5.44. The third-order valence-electron chi connectivity index (χ3n) is 3.08. The van der Waals surface area contributed by atoms with Gasteiger partial charge in [0.2, 0.25) is 5.82 Å². The lowest BCUT2D eigenvalue weighted by Gasteiger charge is -2.19. The number of rotatable bonds is 5. The number of benzene rings is 2. The highest BCUT2D eigenvalue weighted by Crippen LogP contribution is 2.35. The van der Waals surface area contributed by atoms with Gasteiger partial charge in [-0.25, -0.2) is 0 Å². The van der Waals surface area contributed by atoms with Crippen LogP contribution in [0.3, 0.4) is 0 Å². The van der Waals surface area contributed by atoms with Crippen LogP contribution >= 0.6 is 0 Å². The molecule has 0 aliphatic rings. The first-order valence-electron chi connectivity index (χ1n) is 6.43. The highest BCUT2D eigenvalue weighted by atomic mass is 19.1. The molecule has 0 spiro atoms. The van der Waals surface area contributed by atoms with E-state index < -0.39 is 11.9 Å². The van der Waals surface area contributed by atoms with Gasteiger partial charge in [0, 0.05) is 11.6 Å². The van der Waals surface area contributed by atoms with Crippen molar-refractivity contribution >= 4 is 0 Å². The van der Waals surface area contributed by atoms with Gasteiger partial charge in [-0.3, -0.25) is 0 Å². The van der Waals surface area contributed by atoms with Crippen LogP contribution in [0.2, 0.25) is 0 Å². The molecule has 2 rings (SSSR count). The third-order valence-corrected chi connectivity index (χ3v) is 3.08. The summed E-state index contributed by atoms with van der Waals surface area (Å²) < 4.78 is 29.9. The summed E-state index contributed by atoms with van der Waals surface area (Å²) in [4.78, 5) is 0. The summed E-state index contributed by atoms with van der Waals surface area (Å²) in [6.45, 7) is 1.77. The second-order valence-electron chi connectivity index (χ2n) is 4.46. The van der Waals surface area contributed by atoms with Crippen molar-refractivity contribution in [3.8, 4) is 23.0 Å². The number of aromatic hydroxyl groups is 1. The van der Waals surface area contributed by atoms with Crippen LogP contribution in [-0.2, 0) is 0 Å². The molecule has 21 heavy (non-hydrogen) atoms. The molecule has 5 heteroatoms. The maximum absolute atomic E-state index is 14.2. The maximum Gasteiger partial charge on any atom is 0.207 e. The average Bonchev–Trinajstić information content (AvgIpc) is 2.46. The minimum atomic E-state index is -0.566. The van der Waals surface area contributed by atoms with Crippen molar-refractivity contribution in [2.45, 2.75) is 13.0 Å². The van der Waals surface area contributed by atoms with Crippen LogP contribution in [0, 0.1) is 5.82 Å². The zero-order chi connectivity index (χ0) is 15.4. The Bertz CT molecular complexity index is 628. The second kappa shape index (κ2) is 6.35. The van der Waals surface area contributed by atoms with Gasteiger partial charge in [0.25, 0.3) is 0 Å². The Morgan fingerprint density at radius 1 is 1.10 bits per heavy atom. The first kappa shape index (κ1) is 15.0. The molecule has 1 unspecified atom stereocenters. The number of phenolic OH excluding ortho intramolecular Hbond substituents is 1. The number of halogens is 1. The summed E-state index contributed by atoms with van der Waals surface area (Å²) in [6.07, 6.45) is -0.456. The van der Waals surface area contributed by atoms with Crippen LogP contribution in [0.5, 0.6) is 23.0 Å². The summed E-state index contributed by atoms with van der Waals surface area (Å²) in [5, 5.41) is 9.43. The topological polar surface area (TPSA) is 47.9 Å². The molecule has 0 fully saturated rings. The van der Waals surface area contributed by atoms with E-state index in [0.29, 0.717) is 11.3 Å². The van der Waals surface area contributed by atoms with Crippen molar-refractivity contribution in [3.05, 3.63) is 47.8 Å². The number of phenols is 1.